The van der Waals surface area contributed by atoms with Crippen molar-refractivity contribution in [3.05, 3.63) is 35.4 Å². The topological polar surface area (TPSA) is 57.6 Å². The lowest BCUT2D eigenvalue weighted by Gasteiger charge is -2.44. The van der Waals surface area contributed by atoms with Crippen molar-refractivity contribution in [3.8, 4) is 0 Å². The summed E-state index contributed by atoms with van der Waals surface area (Å²) in [6.07, 6.45) is 5.47. The Balaban J connectivity index is 1.64. The van der Waals surface area contributed by atoms with Gasteiger partial charge in [-0.2, -0.15) is 0 Å². The third-order valence-electron chi connectivity index (χ3n) is 6.86. The van der Waals surface area contributed by atoms with Crippen LogP contribution in [-0.2, 0) is 15.0 Å². The number of hydrogen-bond acceptors (Lipinski definition) is 2. The van der Waals surface area contributed by atoms with Gasteiger partial charge in [0, 0.05) is 13.1 Å². The second-order valence-electron chi connectivity index (χ2n) is 7.99. The minimum absolute atomic E-state index is 0.132. The van der Waals surface area contributed by atoms with Gasteiger partial charge in [0.15, 0.2) is 0 Å². The van der Waals surface area contributed by atoms with Gasteiger partial charge in [-0.15, -0.1) is 0 Å². The Morgan fingerprint density at radius 3 is 2.50 bits per heavy atom. The maximum absolute atomic E-state index is 13.4. The first-order valence-corrected chi connectivity index (χ1v) is 9.08. The van der Waals surface area contributed by atoms with Crippen LogP contribution in [0.3, 0.4) is 0 Å². The first kappa shape index (κ1) is 15.7. The first-order valence-electron chi connectivity index (χ1n) is 9.08. The van der Waals surface area contributed by atoms with E-state index in [0.29, 0.717) is 19.5 Å². The summed E-state index contributed by atoms with van der Waals surface area (Å²) in [4.78, 5) is 27.2. The average Bonchev–Trinajstić information content (AvgIpc) is 3.05. The van der Waals surface area contributed by atoms with Gasteiger partial charge < -0.3 is 10.0 Å². The maximum atomic E-state index is 13.4. The van der Waals surface area contributed by atoms with Crippen LogP contribution in [-0.4, -0.2) is 35.0 Å². The highest BCUT2D eigenvalue weighted by Gasteiger charge is 2.58. The molecule has 1 aromatic rings. The van der Waals surface area contributed by atoms with E-state index in [0.717, 1.165) is 43.2 Å². The Kier molecular flexibility index (Phi) is 3.48. The van der Waals surface area contributed by atoms with Crippen molar-refractivity contribution in [2.45, 2.75) is 50.9 Å². The smallest absolute Gasteiger partial charge is 0.311 e. The molecule has 0 radical (unpaired) electrons. The molecule has 1 saturated heterocycles. The second-order valence-corrected chi connectivity index (χ2v) is 7.99. The molecule has 1 N–H and O–H groups in total. The Morgan fingerprint density at radius 2 is 1.92 bits per heavy atom. The molecule has 4 rings (SSSR count). The first-order chi connectivity index (χ1) is 11.5. The summed E-state index contributed by atoms with van der Waals surface area (Å²) in [7, 11) is 0. The molecular formula is C20H25NO3. The number of hydrogen-bond donors (Lipinski definition) is 1. The molecule has 1 aliphatic heterocycles. The molecule has 0 spiro atoms. The predicted molar refractivity (Wildman–Crippen MR) is 90.7 cm³/mol. The van der Waals surface area contributed by atoms with Crippen molar-refractivity contribution < 1.29 is 14.7 Å². The van der Waals surface area contributed by atoms with Crippen molar-refractivity contribution in [3.63, 3.8) is 0 Å². The van der Waals surface area contributed by atoms with Crippen LogP contribution in [0.2, 0.25) is 0 Å². The van der Waals surface area contributed by atoms with Gasteiger partial charge in [-0.25, -0.2) is 0 Å². The molecule has 0 aromatic heterocycles. The van der Waals surface area contributed by atoms with Crippen LogP contribution in [0.1, 0.15) is 49.7 Å². The van der Waals surface area contributed by atoms with Crippen molar-refractivity contribution in [2.24, 2.45) is 11.3 Å². The highest BCUT2D eigenvalue weighted by atomic mass is 16.4. The predicted octanol–water partition coefficient (Wildman–Crippen LogP) is 3.13. The second kappa shape index (κ2) is 5.33. The van der Waals surface area contributed by atoms with Gasteiger partial charge >= 0.3 is 5.97 Å². The number of benzene rings is 1. The highest BCUT2D eigenvalue weighted by molar-refractivity contribution is 5.91. The van der Waals surface area contributed by atoms with Gasteiger partial charge in [0.05, 0.1) is 10.8 Å². The van der Waals surface area contributed by atoms with E-state index in [1.54, 1.807) is 0 Å². The number of carbonyl (C=O) groups excluding carboxylic acids is 1. The molecule has 2 aliphatic carbocycles. The lowest BCUT2D eigenvalue weighted by Crippen LogP contribution is -2.51. The van der Waals surface area contributed by atoms with Gasteiger partial charge in [-0.1, -0.05) is 37.1 Å². The summed E-state index contributed by atoms with van der Waals surface area (Å²) in [5.74, 6) is -0.412. The average molecular weight is 327 g/mol. The quantitative estimate of drug-likeness (QED) is 0.928. The van der Waals surface area contributed by atoms with Crippen molar-refractivity contribution in [1.29, 1.82) is 0 Å². The molecule has 2 saturated carbocycles. The van der Waals surface area contributed by atoms with Crippen molar-refractivity contribution in [2.75, 3.05) is 13.1 Å². The van der Waals surface area contributed by atoms with Crippen molar-refractivity contribution in [1.82, 2.24) is 4.90 Å². The number of carboxylic acid groups (broad SMARTS) is 1. The zero-order valence-corrected chi connectivity index (χ0v) is 14.3. The van der Waals surface area contributed by atoms with E-state index in [1.807, 2.05) is 17.0 Å². The van der Waals surface area contributed by atoms with Crippen LogP contribution >= 0.6 is 0 Å². The van der Waals surface area contributed by atoms with Crippen molar-refractivity contribution >= 4 is 11.9 Å². The number of carboxylic acids is 1. The SMILES string of the molecule is Cc1ccccc1C1(C(=O)N2C[C@@H]3CCC[C@@]3(C(=O)O)C2)CCC1. The molecule has 0 bridgehead atoms. The standard InChI is InChI=1S/C20H25NO3/c1-14-6-2-3-8-16(14)19(10-5-11-19)17(22)21-12-15-7-4-9-20(15,13-21)18(23)24/h2-3,6,8,15H,4-5,7,9-13H2,1H3,(H,23,24)/t15-,20+/m0/s1. The molecule has 3 aliphatic rings. The zero-order chi connectivity index (χ0) is 16.9. The van der Waals surface area contributed by atoms with Crippen LogP contribution < -0.4 is 0 Å². The molecule has 128 valence electrons. The van der Waals surface area contributed by atoms with Gasteiger partial charge in [0.2, 0.25) is 5.91 Å². The summed E-state index contributed by atoms with van der Waals surface area (Å²) in [5.41, 5.74) is 1.20. The van der Waals surface area contributed by atoms with E-state index in [2.05, 4.69) is 19.1 Å². The number of amides is 1. The number of carbonyl (C=O) groups is 2. The fourth-order valence-electron chi connectivity index (χ4n) is 5.33. The third-order valence-corrected chi connectivity index (χ3v) is 6.86. The summed E-state index contributed by atoms with van der Waals surface area (Å²) in [5, 5.41) is 9.77. The van der Waals surface area contributed by atoms with Gasteiger partial charge in [0.1, 0.15) is 0 Å². The number of nitrogens with zero attached hydrogens (tertiary/aromatic N) is 1. The van der Waals surface area contributed by atoms with E-state index in [9.17, 15) is 14.7 Å². The summed E-state index contributed by atoms with van der Waals surface area (Å²) >= 11 is 0. The Morgan fingerprint density at radius 1 is 1.17 bits per heavy atom. The maximum Gasteiger partial charge on any atom is 0.311 e. The molecule has 4 heteroatoms. The van der Waals surface area contributed by atoms with Gasteiger partial charge in [-0.05, 0) is 49.7 Å². The number of fused-ring (bicyclic) bond motifs is 1. The van der Waals surface area contributed by atoms with Crippen LogP contribution in [0.15, 0.2) is 24.3 Å². The highest BCUT2D eigenvalue weighted by Crippen LogP contribution is 2.52. The third kappa shape index (κ3) is 1.98. The number of aliphatic carboxylic acids is 1. The molecule has 3 fully saturated rings. The largest absolute Gasteiger partial charge is 0.481 e. The van der Waals surface area contributed by atoms with E-state index in [-0.39, 0.29) is 11.8 Å². The molecule has 1 amide bonds. The molecule has 0 unspecified atom stereocenters. The normalized spacial score (nSPS) is 30.7. The minimum Gasteiger partial charge on any atom is -0.481 e. The molecule has 24 heavy (non-hydrogen) atoms. The Bertz CT molecular complexity index is 694. The van der Waals surface area contributed by atoms with Gasteiger partial charge in [0.25, 0.3) is 0 Å². The minimum atomic E-state index is -0.709. The van der Waals surface area contributed by atoms with Crippen LogP contribution in [0, 0.1) is 18.3 Å². The number of rotatable bonds is 3. The van der Waals surface area contributed by atoms with Crippen LogP contribution in [0.4, 0.5) is 0 Å². The number of aryl methyl sites for hydroxylation is 1. The Labute approximate surface area is 142 Å². The van der Waals surface area contributed by atoms with E-state index >= 15 is 0 Å². The lowest BCUT2D eigenvalue weighted by atomic mass is 9.62. The van der Waals surface area contributed by atoms with Crippen LogP contribution in [0.5, 0.6) is 0 Å². The molecular weight excluding hydrogens is 302 g/mol. The summed E-state index contributed by atoms with van der Waals surface area (Å²) < 4.78 is 0. The van der Waals surface area contributed by atoms with E-state index in [1.165, 1.54) is 0 Å². The Hall–Kier alpha value is -1.84. The molecule has 4 nitrogen and oxygen atoms in total. The molecule has 1 aromatic carbocycles. The van der Waals surface area contributed by atoms with Gasteiger partial charge in [-0.3, -0.25) is 9.59 Å². The summed E-state index contributed by atoms with van der Waals surface area (Å²) in [6.45, 7) is 3.10. The zero-order valence-electron chi connectivity index (χ0n) is 14.3. The lowest BCUT2D eigenvalue weighted by molar-refractivity contribution is -0.150. The fraction of sp³-hybridized carbons (Fsp3) is 0.600. The van der Waals surface area contributed by atoms with E-state index < -0.39 is 16.8 Å². The molecule has 1 heterocycles. The summed E-state index contributed by atoms with van der Waals surface area (Å²) in [6, 6.07) is 8.17. The molecule has 2 atom stereocenters. The van der Waals surface area contributed by atoms with Crippen LogP contribution in [0.25, 0.3) is 0 Å². The number of likely N-dealkylation sites (tertiary alicyclic amines) is 1. The fourth-order valence-corrected chi connectivity index (χ4v) is 5.33. The monoisotopic (exact) mass is 327 g/mol. The van der Waals surface area contributed by atoms with E-state index in [4.69, 9.17) is 0 Å².